The van der Waals surface area contributed by atoms with Crippen molar-refractivity contribution < 1.29 is 24.5 Å². The fourth-order valence-corrected chi connectivity index (χ4v) is 6.29. The number of para-hydroxylation sites is 1. The highest BCUT2D eigenvalue weighted by Crippen LogP contribution is 2.47. The number of aliphatic hydroxyl groups is 1. The van der Waals surface area contributed by atoms with Crippen molar-refractivity contribution in [1.29, 1.82) is 0 Å². The molecule has 0 aromatic heterocycles. The third-order valence-electron chi connectivity index (χ3n) is 8.20. The van der Waals surface area contributed by atoms with E-state index in [0.29, 0.717) is 54.4 Å². The normalized spacial score (nSPS) is 22.8. The third-order valence-corrected chi connectivity index (χ3v) is 8.50. The number of piperidine rings is 1. The van der Waals surface area contributed by atoms with Crippen molar-refractivity contribution in [2.75, 3.05) is 19.6 Å². The summed E-state index contributed by atoms with van der Waals surface area (Å²) in [6.45, 7) is 3.33. The van der Waals surface area contributed by atoms with Crippen molar-refractivity contribution in [2.45, 2.75) is 69.9 Å². The number of amides is 2. The average molecular weight is 558 g/mol. The van der Waals surface area contributed by atoms with E-state index in [-0.39, 0.29) is 36.8 Å². The molecule has 39 heavy (non-hydrogen) atoms. The number of nitrogens with zero attached hydrogens (tertiary/aromatic N) is 1. The van der Waals surface area contributed by atoms with Crippen LogP contribution >= 0.6 is 11.6 Å². The molecule has 8 nitrogen and oxygen atoms in total. The lowest BCUT2D eigenvalue weighted by Crippen LogP contribution is -2.49. The highest BCUT2D eigenvalue weighted by atomic mass is 35.5. The average Bonchev–Trinajstić information content (AvgIpc) is 3.38. The van der Waals surface area contributed by atoms with Gasteiger partial charge in [-0.15, -0.1) is 0 Å². The molecule has 0 radical (unpaired) electrons. The number of carbonyl (C=O) groups excluding carboxylic acids is 1. The second-order valence-corrected chi connectivity index (χ2v) is 11.3. The van der Waals surface area contributed by atoms with Gasteiger partial charge in [-0.2, -0.15) is 0 Å². The topological polar surface area (TPSA) is 125 Å². The predicted molar refractivity (Wildman–Crippen MR) is 151 cm³/mol. The van der Waals surface area contributed by atoms with E-state index in [1.165, 1.54) is 0 Å². The fraction of sp³-hybridized carbons (Fsp3) is 0.533. The first-order valence-corrected chi connectivity index (χ1v) is 14.4. The molecule has 4 atom stereocenters. The molecule has 1 saturated heterocycles. The first kappa shape index (κ1) is 29.2. The Balaban J connectivity index is 1.65. The van der Waals surface area contributed by atoms with Crippen LogP contribution in [-0.2, 0) is 16.8 Å². The smallest absolute Gasteiger partial charge is 0.404 e. The molecular weight excluding hydrogens is 518 g/mol. The second kappa shape index (κ2) is 13.0. The van der Waals surface area contributed by atoms with E-state index in [1.54, 1.807) is 12.1 Å². The van der Waals surface area contributed by atoms with Crippen LogP contribution in [-0.4, -0.2) is 52.8 Å². The van der Waals surface area contributed by atoms with Gasteiger partial charge in [0.1, 0.15) is 5.75 Å². The van der Waals surface area contributed by atoms with Gasteiger partial charge in [0.05, 0.1) is 10.6 Å². The molecule has 2 amide bonds. The second-order valence-electron chi connectivity index (χ2n) is 10.9. The van der Waals surface area contributed by atoms with Crippen molar-refractivity contribution in [2.24, 2.45) is 17.6 Å². The van der Waals surface area contributed by atoms with Crippen molar-refractivity contribution in [3.05, 3.63) is 58.6 Å². The highest BCUT2D eigenvalue weighted by molar-refractivity contribution is 6.32. The Kier molecular flexibility index (Phi) is 9.75. The van der Waals surface area contributed by atoms with Crippen LogP contribution in [0.25, 0.3) is 0 Å². The number of aryl methyl sites for hydroxylation is 1. The molecule has 0 bridgehead atoms. The zero-order chi connectivity index (χ0) is 28.0. The number of nitrogens with two attached hydrogens (primary N) is 1. The standard InChI is InChI=1S/C30H40ClN3O5/c1-2-20-7-3-9-24(17-20)39-27-25(10-4-11-26(27)31)30(38,14-6-15-33-29(36)37)22-8-5-16-34(19-22)28(35)21-12-13-23(32)18-21/h3-4,7,9-11,17,21-23,33,38H,2,5-6,8,12-16,18-19,32H2,1H3,(H,36,37)/t21-,22-,23+,30?/m1/s1. The molecule has 1 unspecified atom stereocenters. The quantitative estimate of drug-likeness (QED) is 0.294. The number of benzene rings is 2. The van der Waals surface area contributed by atoms with Crippen molar-refractivity contribution >= 4 is 23.6 Å². The zero-order valence-electron chi connectivity index (χ0n) is 22.6. The number of carbonyl (C=O) groups is 2. The number of likely N-dealkylation sites (tertiary alicyclic amines) is 1. The maximum Gasteiger partial charge on any atom is 0.404 e. The maximum absolute atomic E-state index is 13.4. The van der Waals surface area contributed by atoms with Crippen molar-refractivity contribution in [3.63, 3.8) is 0 Å². The van der Waals surface area contributed by atoms with Crippen molar-refractivity contribution in [3.8, 4) is 11.5 Å². The first-order chi connectivity index (χ1) is 18.7. The van der Waals surface area contributed by atoms with Gasteiger partial charge in [0.15, 0.2) is 5.75 Å². The van der Waals surface area contributed by atoms with Crippen LogP contribution in [0.3, 0.4) is 0 Å². The lowest BCUT2D eigenvalue weighted by atomic mass is 9.73. The van der Waals surface area contributed by atoms with Gasteiger partial charge >= 0.3 is 6.09 Å². The predicted octanol–water partition coefficient (Wildman–Crippen LogP) is 5.30. The van der Waals surface area contributed by atoms with E-state index in [4.69, 9.17) is 27.2 Å². The molecule has 2 fully saturated rings. The van der Waals surface area contributed by atoms with Gasteiger partial charge in [-0.3, -0.25) is 4.79 Å². The lowest BCUT2D eigenvalue weighted by Gasteiger charge is -2.44. The van der Waals surface area contributed by atoms with Gasteiger partial charge in [-0.1, -0.05) is 42.8 Å². The van der Waals surface area contributed by atoms with Crippen LogP contribution in [0.15, 0.2) is 42.5 Å². The third kappa shape index (κ3) is 7.04. The molecule has 212 valence electrons. The SMILES string of the molecule is CCc1cccc(Oc2c(Cl)cccc2C(O)(CCCNC(=O)O)[C@@H]2CCCN(C(=O)[C@@H]3CC[C@H](N)C3)C2)c1. The molecule has 2 aromatic rings. The maximum atomic E-state index is 13.4. The van der Waals surface area contributed by atoms with Crippen molar-refractivity contribution in [1.82, 2.24) is 10.2 Å². The number of carboxylic acid groups (broad SMARTS) is 1. The van der Waals surface area contributed by atoms with Crippen LogP contribution in [0.4, 0.5) is 4.79 Å². The summed E-state index contributed by atoms with van der Waals surface area (Å²) >= 11 is 6.68. The summed E-state index contributed by atoms with van der Waals surface area (Å²) in [6.07, 6.45) is 4.27. The number of nitrogens with one attached hydrogen (secondary N) is 1. The van der Waals surface area contributed by atoms with E-state index in [1.807, 2.05) is 35.2 Å². The molecule has 1 aliphatic carbocycles. The van der Waals surface area contributed by atoms with Gasteiger partial charge in [-0.05, 0) is 75.1 Å². The van der Waals surface area contributed by atoms with Gasteiger partial charge in [0.25, 0.3) is 0 Å². The van der Waals surface area contributed by atoms with Gasteiger partial charge < -0.3 is 30.9 Å². The summed E-state index contributed by atoms with van der Waals surface area (Å²) in [5.74, 6) is 0.768. The fourth-order valence-electron chi connectivity index (χ4n) is 6.08. The van der Waals surface area contributed by atoms with Crippen LogP contribution in [0, 0.1) is 11.8 Å². The largest absolute Gasteiger partial charge is 0.465 e. The molecule has 2 aromatic carbocycles. The Bertz CT molecular complexity index is 1160. The molecule has 1 heterocycles. The van der Waals surface area contributed by atoms with Gasteiger partial charge in [0.2, 0.25) is 5.91 Å². The highest BCUT2D eigenvalue weighted by Gasteiger charge is 2.44. The van der Waals surface area contributed by atoms with E-state index >= 15 is 0 Å². The molecular formula is C30H40ClN3O5. The Morgan fingerprint density at radius 3 is 2.72 bits per heavy atom. The monoisotopic (exact) mass is 557 g/mol. The Morgan fingerprint density at radius 1 is 1.21 bits per heavy atom. The summed E-state index contributed by atoms with van der Waals surface area (Å²) in [4.78, 5) is 26.3. The minimum atomic E-state index is -1.40. The Labute approximate surface area is 235 Å². The Hall–Kier alpha value is -2.81. The Morgan fingerprint density at radius 2 is 2.00 bits per heavy atom. The van der Waals surface area contributed by atoms with E-state index in [0.717, 1.165) is 31.2 Å². The molecule has 1 aliphatic heterocycles. The van der Waals surface area contributed by atoms with E-state index in [9.17, 15) is 14.7 Å². The summed E-state index contributed by atoms with van der Waals surface area (Å²) < 4.78 is 6.34. The minimum absolute atomic E-state index is 0.0654. The van der Waals surface area contributed by atoms with Gasteiger partial charge in [0, 0.05) is 43.1 Å². The summed E-state index contributed by atoms with van der Waals surface area (Å²) in [5, 5.41) is 24.3. The lowest BCUT2D eigenvalue weighted by molar-refractivity contribution is -0.141. The number of halogens is 1. The van der Waals surface area contributed by atoms with Crippen LogP contribution < -0.4 is 15.8 Å². The number of hydrogen-bond acceptors (Lipinski definition) is 5. The number of ether oxygens (including phenoxy) is 1. The van der Waals surface area contributed by atoms with Crippen LogP contribution in [0.1, 0.15) is 63.0 Å². The molecule has 9 heteroatoms. The first-order valence-electron chi connectivity index (χ1n) is 14.0. The molecule has 0 spiro atoms. The molecule has 4 rings (SSSR count). The molecule has 2 aliphatic rings. The number of hydrogen-bond donors (Lipinski definition) is 4. The summed E-state index contributed by atoms with van der Waals surface area (Å²) in [5.41, 5.74) is 6.35. The van der Waals surface area contributed by atoms with Crippen LogP contribution in [0.5, 0.6) is 11.5 Å². The summed E-state index contributed by atoms with van der Waals surface area (Å²) in [7, 11) is 0. The number of rotatable bonds is 10. The summed E-state index contributed by atoms with van der Waals surface area (Å²) in [6, 6.07) is 13.2. The van der Waals surface area contributed by atoms with E-state index in [2.05, 4.69) is 12.2 Å². The van der Waals surface area contributed by atoms with Gasteiger partial charge in [-0.25, -0.2) is 4.79 Å². The zero-order valence-corrected chi connectivity index (χ0v) is 23.3. The minimum Gasteiger partial charge on any atom is -0.465 e. The molecule has 1 saturated carbocycles. The van der Waals surface area contributed by atoms with Crippen LogP contribution in [0.2, 0.25) is 5.02 Å². The van der Waals surface area contributed by atoms with E-state index < -0.39 is 11.7 Å². The molecule has 5 N–H and O–H groups in total.